The van der Waals surface area contributed by atoms with E-state index in [1.807, 2.05) is 13.8 Å². The quantitative estimate of drug-likeness (QED) is 0.583. The highest BCUT2D eigenvalue weighted by Crippen LogP contribution is 2.21. The molecule has 0 aromatic heterocycles. The second-order valence-corrected chi connectivity index (χ2v) is 5.88. The molecule has 0 unspecified atom stereocenters. The molecule has 0 heterocycles. The van der Waals surface area contributed by atoms with Crippen LogP contribution in [-0.2, 0) is 10.2 Å². The number of hydrogen-bond acceptors (Lipinski definition) is 4. The van der Waals surface area contributed by atoms with Crippen molar-refractivity contribution < 1.29 is 23.4 Å². The maximum Gasteiger partial charge on any atom is 0.339 e. The van der Waals surface area contributed by atoms with Gasteiger partial charge in [-0.25, -0.2) is 4.79 Å². The van der Waals surface area contributed by atoms with Crippen molar-refractivity contribution in [3.8, 4) is 5.75 Å². The molecule has 8 heteroatoms. The standard InChI is InChI=1S/C11H16N2O5S/c1-7(2)6-12-19(17,18)13-8-3-4-10(14)9(5-8)11(15)16/h3-5,7,12-14H,6H2,1-2H3,(H,15,16). The zero-order valence-electron chi connectivity index (χ0n) is 10.5. The number of aromatic hydroxyl groups is 1. The average molecular weight is 288 g/mol. The maximum absolute atomic E-state index is 11.6. The molecule has 0 amide bonds. The second kappa shape index (κ2) is 5.89. The highest BCUT2D eigenvalue weighted by Gasteiger charge is 2.14. The van der Waals surface area contributed by atoms with Gasteiger partial charge < -0.3 is 10.2 Å². The normalized spacial score (nSPS) is 11.5. The topological polar surface area (TPSA) is 116 Å². The highest BCUT2D eigenvalue weighted by atomic mass is 32.2. The number of hydrogen-bond donors (Lipinski definition) is 4. The van der Waals surface area contributed by atoms with E-state index in [4.69, 9.17) is 5.11 Å². The lowest BCUT2D eigenvalue weighted by molar-refractivity contribution is 0.0694. The van der Waals surface area contributed by atoms with E-state index in [0.29, 0.717) is 0 Å². The van der Waals surface area contributed by atoms with Gasteiger partial charge in [0.05, 0.1) is 5.69 Å². The van der Waals surface area contributed by atoms with Gasteiger partial charge in [0, 0.05) is 6.54 Å². The third-order valence-electron chi connectivity index (χ3n) is 2.16. The lowest BCUT2D eigenvalue weighted by Crippen LogP contribution is -2.32. The summed E-state index contributed by atoms with van der Waals surface area (Å²) in [5, 5.41) is 18.1. The van der Waals surface area contributed by atoms with Crippen LogP contribution in [-0.4, -0.2) is 31.1 Å². The van der Waals surface area contributed by atoms with Crippen molar-refractivity contribution in [3.05, 3.63) is 23.8 Å². The molecular weight excluding hydrogens is 272 g/mol. The maximum atomic E-state index is 11.6. The van der Waals surface area contributed by atoms with Gasteiger partial charge in [0.1, 0.15) is 11.3 Å². The molecule has 0 bridgehead atoms. The van der Waals surface area contributed by atoms with Crippen molar-refractivity contribution in [2.24, 2.45) is 5.92 Å². The Bertz CT molecular complexity index is 568. The summed E-state index contributed by atoms with van der Waals surface area (Å²) in [6, 6.07) is 3.44. The summed E-state index contributed by atoms with van der Waals surface area (Å²) in [6.45, 7) is 3.97. The monoisotopic (exact) mass is 288 g/mol. The molecule has 0 saturated carbocycles. The predicted octanol–water partition coefficient (Wildman–Crippen LogP) is 0.993. The molecule has 0 aliphatic carbocycles. The van der Waals surface area contributed by atoms with E-state index >= 15 is 0 Å². The number of carboxylic acids is 1. The minimum absolute atomic E-state index is 0.0615. The summed E-state index contributed by atoms with van der Waals surface area (Å²) in [5.41, 5.74) is -0.310. The second-order valence-electron chi connectivity index (χ2n) is 4.38. The Labute approximate surface area is 111 Å². The van der Waals surface area contributed by atoms with Crippen LogP contribution >= 0.6 is 0 Å². The van der Waals surface area contributed by atoms with Crippen molar-refractivity contribution >= 4 is 21.9 Å². The summed E-state index contributed by atoms with van der Waals surface area (Å²) < 4.78 is 27.8. The Balaban J connectivity index is 2.88. The van der Waals surface area contributed by atoms with Crippen LogP contribution in [0.3, 0.4) is 0 Å². The average Bonchev–Trinajstić information content (AvgIpc) is 2.28. The van der Waals surface area contributed by atoms with E-state index in [0.717, 1.165) is 12.1 Å². The number of carboxylic acid groups (broad SMARTS) is 1. The largest absolute Gasteiger partial charge is 0.507 e. The van der Waals surface area contributed by atoms with Crippen LogP contribution in [0.15, 0.2) is 18.2 Å². The molecule has 106 valence electrons. The molecule has 0 aliphatic heterocycles. The van der Waals surface area contributed by atoms with E-state index in [-0.39, 0.29) is 23.7 Å². The fourth-order valence-electron chi connectivity index (χ4n) is 1.24. The smallest absolute Gasteiger partial charge is 0.339 e. The third-order valence-corrected chi connectivity index (χ3v) is 3.21. The Hall–Kier alpha value is -1.80. The first-order chi connectivity index (χ1) is 8.71. The number of anilines is 1. The van der Waals surface area contributed by atoms with E-state index < -0.39 is 21.9 Å². The fraction of sp³-hybridized carbons (Fsp3) is 0.364. The van der Waals surface area contributed by atoms with Crippen LogP contribution in [0.5, 0.6) is 5.75 Å². The van der Waals surface area contributed by atoms with Gasteiger partial charge in [0.25, 0.3) is 10.2 Å². The van der Waals surface area contributed by atoms with Crippen LogP contribution in [0, 0.1) is 5.92 Å². The van der Waals surface area contributed by atoms with Crippen LogP contribution in [0.2, 0.25) is 0 Å². The van der Waals surface area contributed by atoms with Crippen LogP contribution in [0.25, 0.3) is 0 Å². The number of nitrogens with one attached hydrogen (secondary N) is 2. The highest BCUT2D eigenvalue weighted by molar-refractivity contribution is 7.90. The van der Waals surface area contributed by atoms with Crippen LogP contribution in [0.1, 0.15) is 24.2 Å². The first-order valence-corrected chi connectivity index (χ1v) is 7.03. The Morgan fingerprint density at radius 1 is 1.37 bits per heavy atom. The van der Waals surface area contributed by atoms with Crippen molar-refractivity contribution in [2.45, 2.75) is 13.8 Å². The van der Waals surface area contributed by atoms with Crippen LogP contribution in [0.4, 0.5) is 5.69 Å². The van der Waals surface area contributed by atoms with Gasteiger partial charge in [0.2, 0.25) is 0 Å². The molecule has 0 saturated heterocycles. The summed E-state index contributed by atoms with van der Waals surface area (Å²) in [4.78, 5) is 10.8. The molecule has 1 aromatic carbocycles. The van der Waals surface area contributed by atoms with Gasteiger partial charge >= 0.3 is 5.97 Å². The summed E-state index contributed by atoms with van der Waals surface area (Å²) in [7, 11) is -3.76. The molecule has 1 rings (SSSR count). The molecule has 4 N–H and O–H groups in total. The molecule has 19 heavy (non-hydrogen) atoms. The number of aromatic carboxylic acids is 1. The van der Waals surface area contributed by atoms with Crippen molar-refractivity contribution in [1.29, 1.82) is 0 Å². The van der Waals surface area contributed by atoms with Crippen LogP contribution < -0.4 is 9.44 Å². The number of rotatable bonds is 6. The summed E-state index contributed by atoms with van der Waals surface area (Å²) in [5.74, 6) is -1.62. The molecule has 1 aromatic rings. The third kappa shape index (κ3) is 4.76. The van der Waals surface area contributed by atoms with Crippen molar-refractivity contribution in [3.63, 3.8) is 0 Å². The van der Waals surface area contributed by atoms with E-state index in [1.54, 1.807) is 0 Å². The van der Waals surface area contributed by atoms with Gasteiger partial charge in [-0.1, -0.05) is 13.8 Å². The predicted molar refractivity (Wildman–Crippen MR) is 70.4 cm³/mol. The summed E-state index contributed by atoms with van der Waals surface area (Å²) >= 11 is 0. The lowest BCUT2D eigenvalue weighted by Gasteiger charge is -2.11. The number of benzene rings is 1. The fourth-order valence-corrected chi connectivity index (χ4v) is 2.30. The van der Waals surface area contributed by atoms with Gasteiger partial charge in [-0.05, 0) is 24.1 Å². The molecule has 0 radical (unpaired) electrons. The van der Waals surface area contributed by atoms with Gasteiger partial charge in [-0.15, -0.1) is 0 Å². The minimum Gasteiger partial charge on any atom is -0.507 e. The van der Waals surface area contributed by atoms with Gasteiger partial charge in [0.15, 0.2) is 0 Å². The molecule has 0 aliphatic rings. The molecular formula is C11H16N2O5S. The lowest BCUT2D eigenvalue weighted by atomic mass is 10.2. The van der Waals surface area contributed by atoms with E-state index in [1.165, 1.54) is 6.07 Å². The number of phenols is 1. The molecule has 0 fully saturated rings. The minimum atomic E-state index is -3.76. The van der Waals surface area contributed by atoms with E-state index in [2.05, 4.69) is 9.44 Å². The van der Waals surface area contributed by atoms with Gasteiger partial charge in [-0.2, -0.15) is 13.1 Å². The number of carbonyl (C=O) groups is 1. The van der Waals surface area contributed by atoms with Crippen molar-refractivity contribution in [1.82, 2.24) is 4.72 Å². The summed E-state index contributed by atoms with van der Waals surface area (Å²) in [6.07, 6.45) is 0. The Morgan fingerprint density at radius 3 is 2.53 bits per heavy atom. The zero-order valence-corrected chi connectivity index (χ0v) is 11.4. The first-order valence-electron chi connectivity index (χ1n) is 5.55. The zero-order chi connectivity index (χ0) is 14.6. The van der Waals surface area contributed by atoms with E-state index in [9.17, 15) is 18.3 Å². The first kappa shape index (κ1) is 15.3. The molecule has 0 atom stereocenters. The van der Waals surface area contributed by atoms with Crippen molar-refractivity contribution in [2.75, 3.05) is 11.3 Å². The molecule has 7 nitrogen and oxygen atoms in total. The Morgan fingerprint density at radius 2 is 2.00 bits per heavy atom. The molecule has 0 spiro atoms. The van der Waals surface area contributed by atoms with Gasteiger partial charge in [-0.3, -0.25) is 4.72 Å². The SMILES string of the molecule is CC(C)CNS(=O)(=O)Nc1ccc(O)c(C(=O)O)c1. The Kier molecular flexibility index (Phi) is 4.73.